The number of aryl methyl sites for hydroxylation is 1. The first kappa shape index (κ1) is 20.6. The van der Waals surface area contributed by atoms with Gasteiger partial charge in [0.15, 0.2) is 0 Å². The first-order valence-electron chi connectivity index (χ1n) is 10.4. The lowest BCUT2D eigenvalue weighted by atomic mass is 9.96. The molecule has 0 saturated carbocycles. The number of hydrogen-bond acceptors (Lipinski definition) is 5. The molecule has 2 heterocycles. The van der Waals surface area contributed by atoms with Crippen LogP contribution in [0.1, 0.15) is 17.5 Å². The van der Waals surface area contributed by atoms with Crippen LogP contribution >= 0.6 is 0 Å². The summed E-state index contributed by atoms with van der Waals surface area (Å²) in [7, 11) is 0. The molecule has 0 radical (unpaired) electrons. The Kier molecular flexibility index (Phi) is 6.55. The molecule has 5 heteroatoms. The van der Waals surface area contributed by atoms with E-state index in [1.165, 1.54) is 0 Å². The van der Waals surface area contributed by atoms with E-state index in [0.29, 0.717) is 19.0 Å². The largest absolute Gasteiger partial charge is 0.478 e. The second-order valence-electron chi connectivity index (χ2n) is 7.36. The molecule has 31 heavy (non-hydrogen) atoms. The lowest BCUT2D eigenvalue weighted by Crippen LogP contribution is -2.03. The molecule has 0 saturated heterocycles. The Bertz CT molecular complexity index is 1140. The van der Waals surface area contributed by atoms with Gasteiger partial charge in [-0.15, -0.1) is 0 Å². The maximum atomic E-state index is 6.03. The molecule has 0 fully saturated rings. The predicted molar refractivity (Wildman–Crippen MR) is 125 cm³/mol. The van der Waals surface area contributed by atoms with Crippen molar-refractivity contribution in [2.75, 3.05) is 12.3 Å². The first-order valence-corrected chi connectivity index (χ1v) is 10.4. The second-order valence-corrected chi connectivity index (χ2v) is 7.36. The minimum atomic E-state index is 0.496. The summed E-state index contributed by atoms with van der Waals surface area (Å²) in [6.45, 7) is 1.06. The number of anilines is 1. The third-order valence-electron chi connectivity index (χ3n) is 5.24. The molecule has 0 aliphatic heterocycles. The predicted octanol–water partition coefficient (Wildman–Crippen LogP) is 4.86. The SMILES string of the molecule is NCc1cccc(-c2cc(OCCCc3ccccc3N)ncc2-c2ccncc2)c1. The molecule has 0 amide bonds. The van der Waals surface area contributed by atoms with Gasteiger partial charge >= 0.3 is 0 Å². The van der Waals surface area contributed by atoms with Crippen LogP contribution in [0.15, 0.2) is 85.3 Å². The van der Waals surface area contributed by atoms with E-state index in [0.717, 1.165) is 51.9 Å². The van der Waals surface area contributed by atoms with Crippen molar-refractivity contribution in [1.29, 1.82) is 0 Å². The number of rotatable bonds is 8. The molecular weight excluding hydrogens is 384 g/mol. The average molecular weight is 411 g/mol. The lowest BCUT2D eigenvalue weighted by molar-refractivity contribution is 0.299. The molecule has 0 atom stereocenters. The Hall–Kier alpha value is -3.70. The summed E-state index contributed by atoms with van der Waals surface area (Å²) < 4.78 is 5.99. The van der Waals surface area contributed by atoms with Crippen LogP contribution in [0.4, 0.5) is 5.69 Å². The third-order valence-corrected chi connectivity index (χ3v) is 5.24. The summed E-state index contributed by atoms with van der Waals surface area (Å²) in [5.74, 6) is 0.604. The molecule has 2 aromatic carbocycles. The van der Waals surface area contributed by atoms with E-state index in [-0.39, 0.29) is 0 Å². The fourth-order valence-electron chi connectivity index (χ4n) is 3.58. The van der Waals surface area contributed by atoms with Crippen LogP contribution in [0.5, 0.6) is 5.88 Å². The molecular formula is C26H26N4O. The van der Waals surface area contributed by atoms with Crippen LogP contribution in [0.2, 0.25) is 0 Å². The highest BCUT2D eigenvalue weighted by Gasteiger charge is 2.11. The van der Waals surface area contributed by atoms with Gasteiger partial charge in [-0.05, 0) is 64.9 Å². The van der Waals surface area contributed by atoms with Crippen molar-refractivity contribution < 1.29 is 4.74 Å². The number of nitrogen functional groups attached to an aromatic ring is 1. The fourth-order valence-corrected chi connectivity index (χ4v) is 3.58. The average Bonchev–Trinajstić information content (AvgIpc) is 2.83. The molecule has 4 N–H and O–H groups in total. The Balaban J connectivity index is 1.56. The molecule has 156 valence electrons. The van der Waals surface area contributed by atoms with Gasteiger partial charge in [0.2, 0.25) is 5.88 Å². The molecule has 0 spiro atoms. The van der Waals surface area contributed by atoms with Crippen LogP contribution in [0.25, 0.3) is 22.3 Å². The number of pyridine rings is 2. The molecule has 0 unspecified atom stereocenters. The van der Waals surface area contributed by atoms with Gasteiger partial charge in [0.1, 0.15) is 0 Å². The summed E-state index contributed by atoms with van der Waals surface area (Å²) >= 11 is 0. The van der Waals surface area contributed by atoms with Gasteiger partial charge in [0.05, 0.1) is 6.61 Å². The zero-order chi connectivity index (χ0) is 21.5. The number of nitrogens with two attached hydrogens (primary N) is 2. The maximum absolute atomic E-state index is 6.03. The van der Waals surface area contributed by atoms with Crippen molar-refractivity contribution in [3.05, 3.63) is 96.4 Å². The van der Waals surface area contributed by atoms with Crippen molar-refractivity contribution in [3.8, 4) is 28.1 Å². The molecule has 4 rings (SSSR count). The second kappa shape index (κ2) is 9.87. The van der Waals surface area contributed by atoms with Crippen LogP contribution in [0, 0.1) is 0 Å². The van der Waals surface area contributed by atoms with Crippen LogP contribution in [0.3, 0.4) is 0 Å². The molecule has 5 nitrogen and oxygen atoms in total. The number of aromatic nitrogens is 2. The van der Waals surface area contributed by atoms with E-state index in [2.05, 4.69) is 28.2 Å². The topological polar surface area (TPSA) is 87.0 Å². The van der Waals surface area contributed by atoms with E-state index in [1.807, 2.05) is 54.7 Å². The smallest absolute Gasteiger partial charge is 0.213 e. The Morgan fingerprint density at radius 3 is 2.48 bits per heavy atom. The number of ether oxygens (including phenoxy) is 1. The van der Waals surface area contributed by atoms with Crippen LogP contribution in [-0.4, -0.2) is 16.6 Å². The quantitative estimate of drug-likeness (QED) is 0.320. The van der Waals surface area contributed by atoms with E-state index in [9.17, 15) is 0 Å². The molecule has 0 aliphatic rings. The summed E-state index contributed by atoms with van der Waals surface area (Å²) in [4.78, 5) is 8.68. The summed E-state index contributed by atoms with van der Waals surface area (Å²) in [5.41, 5.74) is 19.2. The van der Waals surface area contributed by atoms with Gasteiger partial charge in [-0.2, -0.15) is 0 Å². The maximum Gasteiger partial charge on any atom is 0.213 e. The standard InChI is InChI=1S/C26H26N4O/c27-17-19-5-3-7-22(15-19)23-16-26(30-18-24(23)20-10-12-29-13-11-20)31-14-4-8-21-6-1-2-9-25(21)28/h1-3,5-7,9-13,15-16,18H,4,8,14,17,27-28H2. The normalized spacial score (nSPS) is 10.7. The first-order chi connectivity index (χ1) is 15.2. The van der Waals surface area contributed by atoms with Crippen LogP contribution in [-0.2, 0) is 13.0 Å². The van der Waals surface area contributed by atoms with Gasteiger partial charge in [-0.3, -0.25) is 4.98 Å². The molecule has 4 aromatic rings. The zero-order valence-electron chi connectivity index (χ0n) is 17.4. The van der Waals surface area contributed by atoms with Crippen molar-refractivity contribution in [2.45, 2.75) is 19.4 Å². The number of para-hydroxylation sites is 1. The molecule has 0 aliphatic carbocycles. The van der Waals surface area contributed by atoms with Crippen molar-refractivity contribution >= 4 is 5.69 Å². The fraction of sp³-hybridized carbons (Fsp3) is 0.154. The van der Waals surface area contributed by atoms with E-state index >= 15 is 0 Å². The Morgan fingerprint density at radius 2 is 1.68 bits per heavy atom. The number of benzene rings is 2. The minimum absolute atomic E-state index is 0.496. The number of nitrogens with zero attached hydrogens (tertiary/aromatic N) is 2. The summed E-state index contributed by atoms with van der Waals surface area (Å²) in [5, 5.41) is 0. The highest BCUT2D eigenvalue weighted by Crippen LogP contribution is 2.34. The number of hydrogen-bond donors (Lipinski definition) is 2. The van der Waals surface area contributed by atoms with Crippen LogP contribution < -0.4 is 16.2 Å². The van der Waals surface area contributed by atoms with E-state index in [4.69, 9.17) is 16.2 Å². The lowest BCUT2D eigenvalue weighted by Gasteiger charge is -2.13. The van der Waals surface area contributed by atoms with Gasteiger partial charge < -0.3 is 16.2 Å². The monoisotopic (exact) mass is 410 g/mol. The highest BCUT2D eigenvalue weighted by atomic mass is 16.5. The molecule has 2 aromatic heterocycles. The van der Waals surface area contributed by atoms with Gasteiger partial charge in [0.25, 0.3) is 0 Å². The van der Waals surface area contributed by atoms with E-state index < -0.39 is 0 Å². The van der Waals surface area contributed by atoms with Crippen molar-refractivity contribution in [3.63, 3.8) is 0 Å². The third kappa shape index (κ3) is 5.08. The summed E-state index contributed by atoms with van der Waals surface area (Å²) in [6.07, 6.45) is 7.17. The zero-order valence-corrected chi connectivity index (χ0v) is 17.4. The Morgan fingerprint density at radius 1 is 0.839 bits per heavy atom. The van der Waals surface area contributed by atoms with E-state index in [1.54, 1.807) is 12.4 Å². The highest BCUT2D eigenvalue weighted by molar-refractivity contribution is 5.83. The van der Waals surface area contributed by atoms with Gasteiger partial charge in [-0.25, -0.2) is 4.98 Å². The van der Waals surface area contributed by atoms with Crippen molar-refractivity contribution in [2.24, 2.45) is 5.73 Å². The van der Waals surface area contributed by atoms with Gasteiger partial charge in [0, 0.05) is 42.5 Å². The minimum Gasteiger partial charge on any atom is -0.478 e. The van der Waals surface area contributed by atoms with Gasteiger partial charge in [-0.1, -0.05) is 36.4 Å². The summed E-state index contributed by atoms with van der Waals surface area (Å²) in [6, 6.07) is 22.2. The molecule has 0 bridgehead atoms. The Labute approximate surface area is 182 Å². The van der Waals surface area contributed by atoms with Crippen molar-refractivity contribution in [1.82, 2.24) is 9.97 Å².